The summed E-state index contributed by atoms with van der Waals surface area (Å²) in [7, 11) is 0. The van der Waals surface area contributed by atoms with Crippen molar-refractivity contribution < 1.29 is 23.9 Å². The number of ether oxygens (including phenoxy) is 2. The van der Waals surface area contributed by atoms with Crippen molar-refractivity contribution in [2.75, 3.05) is 45.5 Å². The lowest BCUT2D eigenvalue weighted by Crippen LogP contribution is -2.21. The predicted molar refractivity (Wildman–Crippen MR) is 332 cm³/mol. The molecule has 6 amide bonds. The van der Waals surface area contributed by atoms with Crippen LogP contribution in [0.3, 0.4) is 0 Å². The number of hydrogen-bond acceptors (Lipinski definition) is 10. The smallest absolute Gasteiger partial charge is 0.324 e. The maximum absolute atomic E-state index is 13.3. The quantitative estimate of drug-likeness (QED) is 0.0512. The van der Waals surface area contributed by atoms with Crippen molar-refractivity contribution in [2.45, 2.75) is 79.1 Å². The summed E-state index contributed by atoms with van der Waals surface area (Å²) in [5.74, 6) is 3.48. The molecule has 0 unspecified atom stereocenters. The second-order valence-corrected chi connectivity index (χ2v) is 22.1. The largest absolute Gasteiger partial charge is 0.493 e. The molecule has 6 aromatic carbocycles. The fourth-order valence-corrected chi connectivity index (χ4v) is 9.02. The van der Waals surface area contributed by atoms with Gasteiger partial charge in [0.2, 0.25) is 0 Å². The molecule has 0 saturated carbocycles. The molecule has 18 heteroatoms. The molecule has 10 aromatic rings. The molecule has 424 valence electrons. The van der Waals surface area contributed by atoms with E-state index in [1.165, 1.54) is 0 Å². The van der Waals surface area contributed by atoms with Crippen molar-refractivity contribution in [2.24, 2.45) is 5.73 Å². The molecule has 0 aliphatic carbocycles. The van der Waals surface area contributed by atoms with Gasteiger partial charge >= 0.3 is 18.1 Å². The molecule has 0 aliphatic rings. The number of nitrogen functional groups attached to an aromatic ring is 1. The Hall–Kier alpha value is -10.2. The lowest BCUT2D eigenvalue weighted by atomic mass is 9.92. The number of benzene rings is 6. The van der Waals surface area contributed by atoms with Gasteiger partial charge in [-0.05, 0) is 97.8 Å². The lowest BCUT2D eigenvalue weighted by Gasteiger charge is -2.14. The van der Waals surface area contributed by atoms with Crippen molar-refractivity contribution >= 4 is 74.3 Å². The van der Waals surface area contributed by atoms with E-state index < -0.39 is 6.03 Å². The first-order chi connectivity index (χ1) is 39.7. The number of anilines is 6. The Kier molecular flexibility index (Phi) is 17.3. The first-order valence-corrected chi connectivity index (χ1v) is 27.3. The number of urea groups is 3. The molecular weight excluding hydrogens is 1040 g/mol. The van der Waals surface area contributed by atoms with E-state index in [9.17, 15) is 14.4 Å². The topological polar surface area (TPSA) is 243 Å². The summed E-state index contributed by atoms with van der Waals surface area (Å²) < 4.78 is 15.8. The molecule has 0 spiro atoms. The van der Waals surface area contributed by atoms with Crippen molar-refractivity contribution in [1.82, 2.24) is 29.5 Å². The zero-order chi connectivity index (χ0) is 58.8. The highest BCUT2D eigenvalue weighted by Gasteiger charge is 2.24. The number of hydrogen-bond donors (Lipinski definition) is 7. The Labute approximate surface area is 482 Å². The van der Waals surface area contributed by atoms with E-state index in [1.54, 1.807) is 27.8 Å². The van der Waals surface area contributed by atoms with E-state index in [1.807, 2.05) is 166 Å². The third-order valence-corrected chi connectivity index (χ3v) is 13.5. The minimum atomic E-state index is -0.665. The monoisotopic (exact) mass is 1110 g/mol. The van der Waals surface area contributed by atoms with Gasteiger partial charge in [-0.3, -0.25) is 16.0 Å². The molecule has 4 aromatic heterocycles. The molecule has 10 rings (SSSR count). The number of rotatable bonds is 15. The molecule has 0 saturated heterocycles. The van der Waals surface area contributed by atoms with Crippen molar-refractivity contribution in [1.29, 1.82) is 0 Å². The average molecular weight is 1110 g/mol. The van der Waals surface area contributed by atoms with Crippen LogP contribution in [-0.4, -0.2) is 60.8 Å². The van der Waals surface area contributed by atoms with Gasteiger partial charge in [0, 0.05) is 69.7 Å². The molecule has 83 heavy (non-hydrogen) atoms. The summed E-state index contributed by atoms with van der Waals surface area (Å²) in [5.41, 5.74) is 19.7. The van der Waals surface area contributed by atoms with Crippen LogP contribution in [0, 0.1) is 13.8 Å². The van der Waals surface area contributed by atoms with E-state index >= 15 is 0 Å². The number of aromatic nitrogens is 6. The van der Waals surface area contributed by atoms with Gasteiger partial charge in [-0.25, -0.2) is 33.7 Å². The van der Waals surface area contributed by atoms with Gasteiger partial charge in [-0.1, -0.05) is 125 Å². The van der Waals surface area contributed by atoms with E-state index in [0.717, 1.165) is 72.3 Å². The van der Waals surface area contributed by atoms with Crippen molar-refractivity contribution in [3.8, 4) is 22.9 Å². The highest BCUT2D eigenvalue weighted by Crippen LogP contribution is 2.35. The van der Waals surface area contributed by atoms with Crippen LogP contribution in [0.2, 0.25) is 0 Å². The van der Waals surface area contributed by atoms with Gasteiger partial charge in [-0.15, -0.1) is 0 Å². The number of primary amides is 1. The van der Waals surface area contributed by atoms with Gasteiger partial charge in [-0.2, -0.15) is 10.2 Å². The fourth-order valence-electron chi connectivity index (χ4n) is 9.02. The van der Waals surface area contributed by atoms with Crippen LogP contribution in [0.1, 0.15) is 75.2 Å². The SMILES string of the molecule is Cc1ccc(-n2nc(C(C)(C)C)cc2NC(=O)Nc2ccc(OCCc3ccnc(N)c3)c3ccccc23)cc1.Cc1ccc(-n2nc(C(C)(C)C)cc2NC(=O)Nc2ccc(OCCc3ccnc(NC(N)=O)c3)c3ccccc23)cc1. The zero-order valence-electron chi connectivity index (χ0n) is 47.9. The number of nitrogens with two attached hydrogens (primary N) is 2. The zero-order valence-corrected chi connectivity index (χ0v) is 47.9. The number of fused-ring (bicyclic) bond motifs is 2. The Morgan fingerprint density at radius 2 is 0.916 bits per heavy atom. The third kappa shape index (κ3) is 14.8. The fraction of sp³-hybridized carbons (Fsp3) is 0.215. The summed E-state index contributed by atoms with van der Waals surface area (Å²) in [5, 5.41) is 27.6. The van der Waals surface area contributed by atoms with Gasteiger partial charge in [0.05, 0.1) is 47.4 Å². The first-order valence-electron chi connectivity index (χ1n) is 27.3. The van der Waals surface area contributed by atoms with Gasteiger partial charge in [0.1, 0.15) is 34.8 Å². The van der Waals surface area contributed by atoms with Crippen LogP contribution in [0.4, 0.5) is 49.0 Å². The molecule has 0 bridgehead atoms. The average Bonchev–Trinajstić information content (AvgIpc) is 4.26. The molecular formula is C65H69N13O5. The molecule has 0 atom stereocenters. The Balaban J connectivity index is 0.000000200. The number of nitrogens with zero attached hydrogens (tertiary/aromatic N) is 6. The van der Waals surface area contributed by atoms with Crippen LogP contribution in [-0.2, 0) is 23.7 Å². The number of nitrogens with one attached hydrogen (secondary N) is 5. The minimum Gasteiger partial charge on any atom is -0.493 e. The number of aryl methyl sites for hydroxylation is 2. The Bertz CT molecular complexity index is 3930. The van der Waals surface area contributed by atoms with E-state index in [0.29, 0.717) is 66.5 Å². The number of amides is 6. The first kappa shape index (κ1) is 57.5. The molecule has 4 heterocycles. The maximum Gasteiger partial charge on any atom is 0.324 e. The Morgan fingerprint density at radius 1 is 0.494 bits per heavy atom. The second kappa shape index (κ2) is 25.1. The van der Waals surface area contributed by atoms with E-state index in [2.05, 4.69) is 78.1 Å². The summed E-state index contributed by atoms with van der Waals surface area (Å²) in [6.07, 6.45) is 4.61. The third-order valence-electron chi connectivity index (χ3n) is 13.5. The van der Waals surface area contributed by atoms with Gasteiger partial charge in [0.25, 0.3) is 0 Å². The lowest BCUT2D eigenvalue weighted by molar-refractivity contribution is 0.259. The van der Waals surface area contributed by atoms with Crippen molar-refractivity contribution in [3.05, 3.63) is 204 Å². The number of carbonyl (C=O) groups excluding carboxylic acids is 3. The van der Waals surface area contributed by atoms with Crippen LogP contribution >= 0.6 is 0 Å². The summed E-state index contributed by atoms with van der Waals surface area (Å²) in [4.78, 5) is 45.8. The van der Waals surface area contributed by atoms with Crippen LogP contribution in [0.25, 0.3) is 32.9 Å². The van der Waals surface area contributed by atoms with Crippen LogP contribution in [0.15, 0.2) is 170 Å². The van der Waals surface area contributed by atoms with E-state index in [4.69, 9.17) is 31.1 Å². The summed E-state index contributed by atoms with van der Waals surface area (Å²) in [6.45, 7) is 17.5. The number of carbonyl (C=O) groups is 3. The van der Waals surface area contributed by atoms with Gasteiger partial charge < -0.3 is 31.6 Å². The second-order valence-electron chi connectivity index (χ2n) is 22.1. The maximum atomic E-state index is 13.3. The standard InChI is InChI=1S/C33H35N7O3.C32H34N6O2/c1-21-9-11-23(12-10-21)40-30(20-28(39-40)33(2,3)4)38-32(42)36-26-13-14-27(25-8-6-5-7-24(25)26)43-18-16-22-15-17-35-29(19-22)37-31(34)41;1-21-9-11-23(12-10-21)38-30(20-28(37-38)32(2,3)4)36-31(39)35-26-13-14-27(25-8-6-5-7-24(25)26)40-18-16-22-15-17-34-29(33)19-22/h5-15,17,19-20H,16,18H2,1-4H3,(H2,36,38,42)(H3,34,35,37,41);5-15,17,19-20H,16,18H2,1-4H3,(H2,33,34)(H2,35,36,39). The van der Waals surface area contributed by atoms with Crippen LogP contribution in [0.5, 0.6) is 11.5 Å². The number of pyridine rings is 2. The van der Waals surface area contributed by atoms with Crippen LogP contribution < -0.4 is 47.5 Å². The minimum absolute atomic E-state index is 0.182. The van der Waals surface area contributed by atoms with Crippen molar-refractivity contribution in [3.63, 3.8) is 0 Å². The molecule has 0 fully saturated rings. The predicted octanol–water partition coefficient (Wildman–Crippen LogP) is 13.7. The van der Waals surface area contributed by atoms with E-state index in [-0.39, 0.29) is 22.9 Å². The van der Waals surface area contributed by atoms with Gasteiger partial charge in [0.15, 0.2) is 0 Å². The molecule has 18 nitrogen and oxygen atoms in total. The summed E-state index contributed by atoms with van der Waals surface area (Å²) in [6, 6.07) is 48.9. The molecule has 0 radical (unpaired) electrons. The highest BCUT2D eigenvalue weighted by molar-refractivity contribution is 6.08. The Morgan fingerprint density at radius 3 is 1.34 bits per heavy atom. The molecule has 9 N–H and O–H groups in total. The summed E-state index contributed by atoms with van der Waals surface area (Å²) >= 11 is 0. The normalized spacial score (nSPS) is 11.3. The molecule has 0 aliphatic heterocycles. The highest BCUT2D eigenvalue weighted by atomic mass is 16.5.